The maximum atomic E-state index is 11.6. The summed E-state index contributed by atoms with van der Waals surface area (Å²) in [4.78, 5) is 14.0. The van der Waals surface area contributed by atoms with Gasteiger partial charge in [0.1, 0.15) is 0 Å². The molecule has 102 valence electrons. The van der Waals surface area contributed by atoms with E-state index < -0.39 is 0 Å². The molecule has 0 bridgehead atoms. The van der Waals surface area contributed by atoms with Crippen LogP contribution in [0.5, 0.6) is 0 Å². The Hall–Kier alpha value is -1.29. The molecule has 4 heteroatoms. The molecule has 1 atom stereocenters. The van der Waals surface area contributed by atoms with Crippen LogP contribution >= 0.6 is 0 Å². The summed E-state index contributed by atoms with van der Waals surface area (Å²) in [6.07, 6.45) is 3.86. The molecule has 0 aliphatic carbocycles. The van der Waals surface area contributed by atoms with Crippen LogP contribution in [0.15, 0.2) is 23.1 Å². The van der Waals surface area contributed by atoms with Crippen molar-refractivity contribution in [2.24, 2.45) is 0 Å². The van der Waals surface area contributed by atoms with Crippen LogP contribution in [0.3, 0.4) is 0 Å². The van der Waals surface area contributed by atoms with Gasteiger partial charge >= 0.3 is 0 Å². The van der Waals surface area contributed by atoms with E-state index in [0.717, 1.165) is 32.5 Å². The molecule has 1 aromatic rings. The van der Waals surface area contributed by atoms with Crippen LogP contribution < -0.4 is 11.3 Å². The Kier molecular flexibility index (Phi) is 5.92. The number of rotatable bonds is 7. The van der Waals surface area contributed by atoms with Gasteiger partial charge in [0, 0.05) is 37.1 Å². The second-order valence-corrected chi connectivity index (χ2v) is 4.73. The molecule has 18 heavy (non-hydrogen) atoms. The second-order valence-electron chi connectivity index (χ2n) is 4.73. The third-order valence-electron chi connectivity index (χ3n) is 3.47. The fourth-order valence-corrected chi connectivity index (χ4v) is 2.12. The molecule has 0 aliphatic heterocycles. The lowest BCUT2D eigenvalue weighted by Crippen LogP contribution is -2.34. The zero-order valence-electron chi connectivity index (χ0n) is 11.7. The first-order valence-electron chi connectivity index (χ1n) is 6.78. The minimum Gasteiger partial charge on any atom is -0.398 e. The molecule has 2 N–H and O–H groups in total. The van der Waals surface area contributed by atoms with Gasteiger partial charge in [-0.2, -0.15) is 0 Å². The number of anilines is 1. The smallest absolute Gasteiger partial charge is 0.250 e. The highest BCUT2D eigenvalue weighted by Crippen LogP contribution is 2.04. The third kappa shape index (κ3) is 4.18. The Balaban J connectivity index is 2.50. The molecule has 0 saturated heterocycles. The summed E-state index contributed by atoms with van der Waals surface area (Å²) in [5.41, 5.74) is 6.35. The summed E-state index contributed by atoms with van der Waals surface area (Å²) >= 11 is 0. The normalized spacial score (nSPS) is 12.9. The maximum absolute atomic E-state index is 11.6. The van der Waals surface area contributed by atoms with E-state index in [4.69, 9.17) is 5.73 Å². The van der Waals surface area contributed by atoms with Crippen LogP contribution in [-0.4, -0.2) is 28.6 Å². The van der Waals surface area contributed by atoms with Crippen LogP contribution in [0.2, 0.25) is 0 Å². The van der Waals surface area contributed by atoms with Gasteiger partial charge in [-0.05, 0) is 32.4 Å². The van der Waals surface area contributed by atoms with Gasteiger partial charge in [-0.3, -0.25) is 4.79 Å². The third-order valence-corrected chi connectivity index (χ3v) is 3.47. The predicted octanol–water partition coefficient (Wildman–Crippen LogP) is 1.94. The lowest BCUT2D eigenvalue weighted by molar-refractivity contribution is 0.208. The number of nitrogens with zero attached hydrogens (tertiary/aromatic N) is 2. The molecule has 1 unspecified atom stereocenters. The van der Waals surface area contributed by atoms with E-state index in [0.29, 0.717) is 11.7 Å². The number of nitrogens with two attached hydrogens (primary N) is 1. The van der Waals surface area contributed by atoms with Crippen LogP contribution in [0.1, 0.15) is 33.6 Å². The first-order valence-corrected chi connectivity index (χ1v) is 6.78. The van der Waals surface area contributed by atoms with Crippen molar-refractivity contribution in [3.63, 3.8) is 0 Å². The van der Waals surface area contributed by atoms with Crippen LogP contribution in [0, 0.1) is 0 Å². The Bertz CT molecular complexity index is 414. The average Bonchev–Trinajstić information content (AvgIpc) is 2.37. The molecule has 4 nitrogen and oxygen atoms in total. The summed E-state index contributed by atoms with van der Waals surface area (Å²) in [6, 6.07) is 3.78. The van der Waals surface area contributed by atoms with Gasteiger partial charge in [0.2, 0.25) is 0 Å². The van der Waals surface area contributed by atoms with Crippen molar-refractivity contribution in [3.8, 4) is 0 Å². The molecule has 0 fully saturated rings. The van der Waals surface area contributed by atoms with Crippen molar-refractivity contribution < 1.29 is 0 Å². The predicted molar refractivity (Wildman–Crippen MR) is 76.7 cm³/mol. The summed E-state index contributed by atoms with van der Waals surface area (Å²) in [5, 5.41) is 0. The fraction of sp³-hybridized carbons (Fsp3) is 0.643. The topological polar surface area (TPSA) is 51.3 Å². The molecule has 0 amide bonds. The maximum Gasteiger partial charge on any atom is 0.250 e. The molecule has 1 rings (SSSR count). The molecule has 1 heterocycles. The number of hydrogen-bond acceptors (Lipinski definition) is 3. The number of pyridine rings is 1. The van der Waals surface area contributed by atoms with Crippen molar-refractivity contribution in [2.75, 3.05) is 18.8 Å². The molecule has 0 saturated carbocycles. The molecule has 0 aromatic carbocycles. The molecule has 1 aromatic heterocycles. The molecule has 0 radical (unpaired) electrons. The lowest BCUT2D eigenvalue weighted by Gasteiger charge is -2.26. The summed E-state index contributed by atoms with van der Waals surface area (Å²) in [5.74, 6) is 0. The first kappa shape index (κ1) is 14.8. The second kappa shape index (κ2) is 7.21. The summed E-state index contributed by atoms with van der Waals surface area (Å²) in [7, 11) is 0. The number of nitrogen functional groups attached to an aromatic ring is 1. The Labute approximate surface area is 109 Å². The zero-order valence-corrected chi connectivity index (χ0v) is 11.7. The van der Waals surface area contributed by atoms with E-state index >= 15 is 0 Å². The van der Waals surface area contributed by atoms with Gasteiger partial charge in [0.05, 0.1) is 0 Å². The van der Waals surface area contributed by atoms with Crippen LogP contribution in [-0.2, 0) is 6.54 Å². The molecular formula is C14H25N3O. The van der Waals surface area contributed by atoms with Gasteiger partial charge < -0.3 is 15.2 Å². The largest absolute Gasteiger partial charge is 0.398 e. The Morgan fingerprint density at radius 3 is 2.72 bits per heavy atom. The highest BCUT2D eigenvalue weighted by molar-refractivity contribution is 5.33. The van der Waals surface area contributed by atoms with E-state index in [-0.39, 0.29) is 5.56 Å². The van der Waals surface area contributed by atoms with Crippen molar-refractivity contribution in [2.45, 2.75) is 46.2 Å². The van der Waals surface area contributed by atoms with Crippen molar-refractivity contribution in [3.05, 3.63) is 28.7 Å². The molecule has 0 spiro atoms. The quantitative estimate of drug-likeness (QED) is 0.805. The fourth-order valence-electron chi connectivity index (χ4n) is 2.12. The minimum absolute atomic E-state index is 0.0239. The molecule has 0 aliphatic rings. The van der Waals surface area contributed by atoms with Gasteiger partial charge in [-0.15, -0.1) is 0 Å². The number of hydrogen-bond donors (Lipinski definition) is 1. The van der Waals surface area contributed by atoms with E-state index in [1.54, 1.807) is 16.8 Å². The number of aryl methyl sites for hydroxylation is 1. The highest BCUT2D eigenvalue weighted by atomic mass is 16.1. The van der Waals surface area contributed by atoms with Crippen LogP contribution in [0.4, 0.5) is 5.69 Å². The van der Waals surface area contributed by atoms with E-state index in [1.807, 2.05) is 0 Å². The van der Waals surface area contributed by atoms with E-state index in [9.17, 15) is 4.79 Å². The van der Waals surface area contributed by atoms with Crippen molar-refractivity contribution in [1.29, 1.82) is 0 Å². The zero-order chi connectivity index (χ0) is 13.5. The van der Waals surface area contributed by atoms with Crippen LogP contribution in [0.25, 0.3) is 0 Å². The van der Waals surface area contributed by atoms with Gasteiger partial charge in [0.25, 0.3) is 5.56 Å². The lowest BCUT2D eigenvalue weighted by atomic mass is 10.2. The van der Waals surface area contributed by atoms with Gasteiger partial charge in [-0.1, -0.05) is 13.8 Å². The first-order chi connectivity index (χ1) is 8.58. The number of aromatic nitrogens is 1. The molecular weight excluding hydrogens is 226 g/mol. The SMILES string of the molecule is CCC(C)N(CC)CCCn1cc(N)ccc1=O. The Morgan fingerprint density at radius 1 is 1.39 bits per heavy atom. The average molecular weight is 251 g/mol. The van der Waals surface area contributed by atoms with Gasteiger partial charge in [0.15, 0.2) is 0 Å². The van der Waals surface area contributed by atoms with Crippen molar-refractivity contribution in [1.82, 2.24) is 9.47 Å². The van der Waals surface area contributed by atoms with E-state index in [2.05, 4.69) is 25.7 Å². The van der Waals surface area contributed by atoms with Crippen molar-refractivity contribution >= 4 is 5.69 Å². The van der Waals surface area contributed by atoms with Gasteiger partial charge in [-0.25, -0.2) is 0 Å². The van der Waals surface area contributed by atoms with E-state index in [1.165, 1.54) is 6.07 Å². The Morgan fingerprint density at radius 2 is 2.11 bits per heavy atom. The monoisotopic (exact) mass is 251 g/mol. The summed E-state index contributed by atoms with van der Waals surface area (Å²) in [6.45, 7) is 9.44. The highest BCUT2D eigenvalue weighted by Gasteiger charge is 2.09. The summed E-state index contributed by atoms with van der Waals surface area (Å²) < 4.78 is 1.69. The minimum atomic E-state index is 0.0239. The standard InChI is InChI=1S/C14H25N3O/c1-4-12(3)16(5-2)9-6-10-17-11-13(15)7-8-14(17)18/h7-8,11-12H,4-6,9-10,15H2,1-3H3.